The largest absolute Gasteiger partial charge is 0.481 e. The van der Waals surface area contributed by atoms with Crippen molar-refractivity contribution >= 4 is 11.9 Å². The monoisotopic (exact) mass is 278 g/mol. The van der Waals surface area contributed by atoms with E-state index < -0.39 is 5.97 Å². The van der Waals surface area contributed by atoms with E-state index in [0.29, 0.717) is 31.0 Å². The molecule has 3 rings (SSSR count). The van der Waals surface area contributed by atoms with E-state index >= 15 is 0 Å². The second kappa shape index (κ2) is 4.61. The minimum atomic E-state index is -0.699. The van der Waals surface area contributed by atoms with Gasteiger partial charge in [-0.3, -0.25) is 9.59 Å². The number of aromatic nitrogens is 1. The summed E-state index contributed by atoms with van der Waals surface area (Å²) in [5.41, 5.74) is 0.342. The van der Waals surface area contributed by atoms with Gasteiger partial charge in [0.2, 0.25) is 0 Å². The molecule has 1 atom stereocenters. The number of carbonyl (C=O) groups is 2. The second-order valence-corrected chi connectivity index (χ2v) is 5.73. The first-order chi connectivity index (χ1) is 9.57. The van der Waals surface area contributed by atoms with Crippen molar-refractivity contribution in [3.63, 3.8) is 0 Å². The molecule has 108 valence electrons. The Labute approximate surface area is 116 Å². The van der Waals surface area contributed by atoms with Gasteiger partial charge in [0.05, 0.1) is 5.92 Å². The highest BCUT2D eigenvalue weighted by Gasteiger charge is 2.59. The Morgan fingerprint density at radius 2 is 2.20 bits per heavy atom. The van der Waals surface area contributed by atoms with E-state index in [9.17, 15) is 9.59 Å². The number of hydrogen-bond acceptors (Lipinski definition) is 4. The first kappa shape index (κ1) is 13.1. The van der Waals surface area contributed by atoms with E-state index in [-0.39, 0.29) is 17.2 Å². The van der Waals surface area contributed by atoms with Crippen molar-refractivity contribution in [2.45, 2.75) is 32.6 Å². The number of carboxylic acid groups (broad SMARTS) is 1. The van der Waals surface area contributed by atoms with Crippen molar-refractivity contribution in [3.05, 3.63) is 17.8 Å². The topological polar surface area (TPSA) is 83.6 Å². The van der Waals surface area contributed by atoms with E-state index in [4.69, 9.17) is 9.52 Å². The Morgan fingerprint density at radius 3 is 2.75 bits per heavy atom. The van der Waals surface area contributed by atoms with Gasteiger partial charge < -0.3 is 14.4 Å². The lowest BCUT2D eigenvalue weighted by atomic mass is 9.90. The lowest BCUT2D eigenvalue weighted by Gasteiger charge is -2.32. The Morgan fingerprint density at radius 1 is 1.50 bits per heavy atom. The molecule has 2 heterocycles. The Balaban J connectivity index is 1.64. The van der Waals surface area contributed by atoms with Gasteiger partial charge in [0.1, 0.15) is 5.76 Å². The molecule has 1 saturated carbocycles. The van der Waals surface area contributed by atoms with Gasteiger partial charge >= 0.3 is 5.97 Å². The summed E-state index contributed by atoms with van der Waals surface area (Å²) in [5.74, 6) is -0.393. The third-order valence-corrected chi connectivity index (χ3v) is 4.70. The van der Waals surface area contributed by atoms with Crippen LogP contribution in [0.5, 0.6) is 0 Å². The third kappa shape index (κ3) is 1.99. The number of oxazole rings is 1. The Bertz CT molecular complexity index is 543. The molecular weight excluding hydrogens is 260 g/mol. The minimum Gasteiger partial charge on any atom is -0.481 e. The highest BCUT2D eigenvalue weighted by Crippen LogP contribution is 2.59. The maximum Gasteiger partial charge on any atom is 0.307 e. The first-order valence-electron chi connectivity index (χ1n) is 7.02. The molecule has 6 heteroatoms. The summed E-state index contributed by atoms with van der Waals surface area (Å²) in [4.78, 5) is 29.2. The van der Waals surface area contributed by atoms with Crippen molar-refractivity contribution in [2.75, 3.05) is 13.1 Å². The molecular formula is C14H18N2O4. The minimum absolute atomic E-state index is 0.0555. The normalized spacial score (nSPS) is 23.9. The smallest absolute Gasteiger partial charge is 0.307 e. The number of likely N-dealkylation sites (tertiary alicyclic amines) is 1. The Hall–Kier alpha value is -1.85. The Kier molecular flexibility index (Phi) is 3.03. The summed E-state index contributed by atoms with van der Waals surface area (Å²) in [6.45, 7) is 3.14. The number of aliphatic carboxylic acids is 1. The van der Waals surface area contributed by atoms with Crippen LogP contribution in [0, 0.1) is 11.3 Å². The zero-order valence-electron chi connectivity index (χ0n) is 11.5. The average molecular weight is 278 g/mol. The number of carbonyl (C=O) groups excluding carboxylic acids is 1. The summed E-state index contributed by atoms with van der Waals surface area (Å²) in [7, 11) is 0. The number of hydrogen-bond donors (Lipinski definition) is 1. The number of carboxylic acids is 1. The molecule has 1 aromatic rings. The van der Waals surface area contributed by atoms with Gasteiger partial charge in [-0.1, -0.05) is 6.92 Å². The molecule has 0 aromatic carbocycles. The average Bonchev–Trinajstić information content (AvgIpc) is 2.96. The lowest BCUT2D eigenvalue weighted by molar-refractivity contribution is -0.139. The zero-order valence-corrected chi connectivity index (χ0v) is 11.5. The van der Waals surface area contributed by atoms with E-state index in [1.54, 1.807) is 4.90 Å². The van der Waals surface area contributed by atoms with Gasteiger partial charge in [-0.05, 0) is 24.7 Å². The molecule has 1 N–H and O–H groups in total. The van der Waals surface area contributed by atoms with Gasteiger partial charge in [-0.15, -0.1) is 0 Å². The standard InChI is InChI=1S/C14H18N2O4/c1-2-10-11(15-8-20-10)12(17)16-5-3-14(4-6-16)7-9(14)13(18)19/h8-9H,2-7H2,1H3,(H,18,19). The SMILES string of the molecule is CCc1ocnc1C(=O)N1CCC2(CC1)CC2C(=O)O. The number of nitrogens with zero attached hydrogens (tertiary/aromatic N) is 2. The van der Waals surface area contributed by atoms with Crippen LogP contribution in [0.15, 0.2) is 10.8 Å². The predicted octanol–water partition coefficient (Wildman–Crippen LogP) is 1.56. The van der Waals surface area contributed by atoms with Crippen LogP contribution in [0.25, 0.3) is 0 Å². The third-order valence-electron chi connectivity index (χ3n) is 4.70. The summed E-state index contributed by atoms with van der Waals surface area (Å²) < 4.78 is 5.19. The number of piperidine rings is 1. The van der Waals surface area contributed by atoms with Crippen LogP contribution in [0.1, 0.15) is 42.4 Å². The van der Waals surface area contributed by atoms with Crippen LogP contribution in [0.2, 0.25) is 0 Å². The molecule has 2 aliphatic rings. The molecule has 1 spiro atoms. The van der Waals surface area contributed by atoms with Crippen LogP contribution in [-0.2, 0) is 11.2 Å². The molecule has 1 aliphatic carbocycles. The maximum absolute atomic E-state index is 12.4. The van der Waals surface area contributed by atoms with Crippen molar-refractivity contribution in [2.24, 2.45) is 11.3 Å². The fourth-order valence-electron chi connectivity index (χ4n) is 3.25. The molecule has 1 aliphatic heterocycles. The first-order valence-corrected chi connectivity index (χ1v) is 7.02. The van der Waals surface area contributed by atoms with E-state index in [0.717, 1.165) is 19.3 Å². The summed E-state index contributed by atoms with van der Waals surface area (Å²) in [6.07, 6.45) is 4.25. The molecule has 6 nitrogen and oxygen atoms in total. The van der Waals surface area contributed by atoms with Gasteiger partial charge in [-0.25, -0.2) is 4.98 Å². The number of rotatable bonds is 3. The van der Waals surface area contributed by atoms with Gasteiger partial charge in [0.15, 0.2) is 12.1 Å². The molecule has 1 aromatic heterocycles. The molecule has 1 saturated heterocycles. The highest BCUT2D eigenvalue weighted by molar-refractivity contribution is 5.93. The van der Waals surface area contributed by atoms with Gasteiger partial charge in [0, 0.05) is 19.5 Å². The van der Waals surface area contributed by atoms with Crippen LogP contribution >= 0.6 is 0 Å². The summed E-state index contributed by atoms with van der Waals surface area (Å²) in [5, 5.41) is 9.06. The lowest BCUT2D eigenvalue weighted by Crippen LogP contribution is -2.40. The molecule has 2 fully saturated rings. The van der Waals surface area contributed by atoms with Crippen LogP contribution in [-0.4, -0.2) is 40.0 Å². The predicted molar refractivity (Wildman–Crippen MR) is 69.2 cm³/mol. The molecule has 1 unspecified atom stereocenters. The fraction of sp³-hybridized carbons (Fsp3) is 0.643. The van der Waals surface area contributed by atoms with E-state index in [2.05, 4.69) is 4.98 Å². The highest BCUT2D eigenvalue weighted by atomic mass is 16.4. The van der Waals surface area contributed by atoms with Crippen molar-refractivity contribution in [1.82, 2.24) is 9.88 Å². The van der Waals surface area contributed by atoms with Gasteiger partial charge in [0.25, 0.3) is 5.91 Å². The fourth-order valence-corrected chi connectivity index (χ4v) is 3.25. The maximum atomic E-state index is 12.4. The van der Waals surface area contributed by atoms with E-state index in [1.807, 2.05) is 6.92 Å². The van der Waals surface area contributed by atoms with Crippen molar-refractivity contribution in [1.29, 1.82) is 0 Å². The van der Waals surface area contributed by atoms with Gasteiger partial charge in [-0.2, -0.15) is 0 Å². The zero-order chi connectivity index (χ0) is 14.3. The van der Waals surface area contributed by atoms with Crippen molar-refractivity contribution < 1.29 is 19.1 Å². The molecule has 0 bridgehead atoms. The number of amides is 1. The van der Waals surface area contributed by atoms with Crippen LogP contribution in [0.4, 0.5) is 0 Å². The molecule has 20 heavy (non-hydrogen) atoms. The summed E-state index contributed by atoms with van der Waals surface area (Å²) in [6, 6.07) is 0. The molecule has 0 radical (unpaired) electrons. The van der Waals surface area contributed by atoms with Crippen LogP contribution < -0.4 is 0 Å². The quantitative estimate of drug-likeness (QED) is 0.907. The van der Waals surface area contributed by atoms with Crippen LogP contribution in [0.3, 0.4) is 0 Å². The van der Waals surface area contributed by atoms with Crippen molar-refractivity contribution in [3.8, 4) is 0 Å². The number of aryl methyl sites for hydroxylation is 1. The van der Waals surface area contributed by atoms with E-state index in [1.165, 1.54) is 6.39 Å². The second-order valence-electron chi connectivity index (χ2n) is 5.73. The summed E-state index contributed by atoms with van der Waals surface area (Å²) >= 11 is 0. The molecule has 1 amide bonds.